The molecule has 0 aliphatic rings. The summed E-state index contributed by atoms with van der Waals surface area (Å²) in [5.74, 6) is 1.09. The second-order valence-corrected chi connectivity index (χ2v) is 6.15. The molecule has 144 valence electrons. The third kappa shape index (κ3) is 5.08. The van der Waals surface area contributed by atoms with Gasteiger partial charge in [0.2, 0.25) is 11.8 Å². The Kier molecular flexibility index (Phi) is 6.59. The van der Waals surface area contributed by atoms with Crippen LogP contribution in [0.5, 0.6) is 11.6 Å². The zero-order valence-corrected chi connectivity index (χ0v) is 15.9. The lowest BCUT2D eigenvalue weighted by Gasteiger charge is -2.19. The minimum absolute atomic E-state index is 0.152. The van der Waals surface area contributed by atoms with E-state index in [4.69, 9.17) is 9.47 Å². The van der Waals surface area contributed by atoms with E-state index in [1.165, 1.54) is 0 Å². The molecule has 0 fully saturated rings. The summed E-state index contributed by atoms with van der Waals surface area (Å²) in [5.41, 5.74) is 2.51. The number of rotatable bonds is 8. The SMILES string of the molecule is COc1cccc(NC(=O)[C@H](NCc2ccc(OC)nc2)c2ccccc2)c1. The number of benzene rings is 2. The molecule has 0 aliphatic heterocycles. The molecule has 28 heavy (non-hydrogen) atoms. The van der Waals surface area contributed by atoms with E-state index in [1.54, 1.807) is 32.5 Å². The van der Waals surface area contributed by atoms with Gasteiger partial charge in [-0.15, -0.1) is 0 Å². The molecule has 0 saturated heterocycles. The fourth-order valence-corrected chi connectivity index (χ4v) is 2.78. The molecule has 2 N–H and O–H groups in total. The molecule has 1 aromatic heterocycles. The lowest BCUT2D eigenvalue weighted by Crippen LogP contribution is -2.32. The highest BCUT2D eigenvalue weighted by Gasteiger charge is 2.20. The molecular formula is C22H23N3O3. The van der Waals surface area contributed by atoms with Gasteiger partial charge in [0.25, 0.3) is 0 Å². The minimum Gasteiger partial charge on any atom is -0.497 e. The first kappa shape index (κ1) is 19.4. The molecule has 0 unspecified atom stereocenters. The van der Waals surface area contributed by atoms with E-state index >= 15 is 0 Å². The summed E-state index contributed by atoms with van der Waals surface area (Å²) < 4.78 is 10.3. The summed E-state index contributed by atoms with van der Waals surface area (Å²) in [4.78, 5) is 17.2. The summed E-state index contributed by atoms with van der Waals surface area (Å²) in [6.45, 7) is 0.488. The molecule has 6 heteroatoms. The maximum absolute atomic E-state index is 13.0. The van der Waals surface area contributed by atoms with Crippen LogP contribution in [0.4, 0.5) is 5.69 Å². The van der Waals surface area contributed by atoms with Crippen molar-refractivity contribution in [3.8, 4) is 11.6 Å². The highest BCUT2D eigenvalue weighted by Crippen LogP contribution is 2.20. The first-order valence-electron chi connectivity index (χ1n) is 8.92. The normalized spacial score (nSPS) is 11.5. The summed E-state index contributed by atoms with van der Waals surface area (Å²) in [6, 6.07) is 20.1. The topological polar surface area (TPSA) is 72.5 Å². The fourth-order valence-electron chi connectivity index (χ4n) is 2.78. The van der Waals surface area contributed by atoms with Gasteiger partial charge in [-0.05, 0) is 23.3 Å². The number of methoxy groups -OCH3 is 2. The van der Waals surface area contributed by atoms with Gasteiger partial charge in [-0.25, -0.2) is 4.98 Å². The zero-order valence-electron chi connectivity index (χ0n) is 15.9. The van der Waals surface area contributed by atoms with Crippen molar-refractivity contribution in [1.29, 1.82) is 0 Å². The minimum atomic E-state index is -0.519. The highest BCUT2D eigenvalue weighted by molar-refractivity contribution is 5.95. The number of pyridine rings is 1. The van der Waals surface area contributed by atoms with E-state index < -0.39 is 6.04 Å². The molecule has 1 atom stereocenters. The molecule has 3 aromatic rings. The molecule has 3 rings (SSSR count). The second kappa shape index (κ2) is 9.53. The lowest BCUT2D eigenvalue weighted by atomic mass is 10.1. The van der Waals surface area contributed by atoms with Crippen LogP contribution in [0, 0.1) is 0 Å². The Morgan fingerprint density at radius 2 is 1.82 bits per heavy atom. The largest absolute Gasteiger partial charge is 0.497 e. The van der Waals surface area contributed by atoms with Crippen LogP contribution in [-0.4, -0.2) is 25.1 Å². The lowest BCUT2D eigenvalue weighted by molar-refractivity contribution is -0.118. The van der Waals surface area contributed by atoms with Crippen molar-refractivity contribution < 1.29 is 14.3 Å². The van der Waals surface area contributed by atoms with E-state index in [-0.39, 0.29) is 5.91 Å². The van der Waals surface area contributed by atoms with Crippen LogP contribution in [0.3, 0.4) is 0 Å². The van der Waals surface area contributed by atoms with E-state index in [2.05, 4.69) is 15.6 Å². The quantitative estimate of drug-likeness (QED) is 0.628. The predicted molar refractivity (Wildman–Crippen MR) is 108 cm³/mol. The highest BCUT2D eigenvalue weighted by atomic mass is 16.5. The molecule has 6 nitrogen and oxygen atoms in total. The Morgan fingerprint density at radius 1 is 1.00 bits per heavy atom. The third-order valence-electron chi connectivity index (χ3n) is 4.25. The van der Waals surface area contributed by atoms with Gasteiger partial charge in [0.05, 0.1) is 14.2 Å². The Bertz CT molecular complexity index is 898. The predicted octanol–water partition coefficient (Wildman–Crippen LogP) is 3.57. The van der Waals surface area contributed by atoms with Crippen LogP contribution in [-0.2, 0) is 11.3 Å². The Labute approximate surface area is 164 Å². The van der Waals surface area contributed by atoms with E-state index in [0.29, 0.717) is 23.9 Å². The second-order valence-electron chi connectivity index (χ2n) is 6.15. The van der Waals surface area contributed by atoms with Gasteiger partial charge in [0.15, 0.2) is 0 Å². The van der Waals surface area contributed by atoms with Crippen LogP contribution in [0.1, 0.15) is 17.2 Å². The number of ether oxygens (including phenoxy) is 2. The number of hydrogen-bond acceptors (Lipinski definition) is 5. The summed E-state index contributed by atoms with van der Waals surface area (Å²) in [6.07, 6.45) is 1.73. The fraction of sp³-hybridized carbons (Fsp3) is 0.182. The zero-order chi connectivity index (χ0) is 19.8. The number of nitrogens with zero attached hydrogens (tertiary/aromatic N) is 1. The Balaban J connectivity index is 1.75. The van der Waals surface area contributed by atoms with Gasteiger partial charge in [0.1, 0.15) is 11.8 Å². The first-order chi connectivity index (χ1) is 13.7. The van der Waals surface area contributed by atoms with E-state index in [1.807, 2.05) is 54.6 Å². The number of carbonyl (C=O) groups is 1. The van der Waals surface area contributed by atoms with Crippen molar-refractivity contribution in [3.05, 3.63) is 84.1 Å². The van der Waals surface area contributed by atoms with Crippen LogP contribution >= 0.6 is 0 Å². The van der Waals surface area contributed by atoms with Crippen molar-refractivity contribution >= 4 is 11.6 Å². The number of anilines is 1. The average Bonchev–Trinajstić information content (AvgIpc) is 2.75. The molecule has 0 spiro atoms. The van der Waals surface area contributed by atoms with Gasteiger partial charge >= 0.3 is 0 Å². The van der Waals surface area contributed by atoms with Crippen LogP contribution in [0.15, 0.2) is 72.9 Å². The van der Waals surface area contributed by atoms with Crippen molar-refractivity contribution in [2.75, 3.05) is 19.5 Å². The van der Waals surface area contributed by atoms with E-state index in [0.717, 1.165) is 11.1 Å². The van der Waals surface area contributed by atoms with Crippen LogP contribution in [0.25, 0.3) is 0 Å². The summed E-state index contributed by atoms with van der Waals surface area (Å²) in [7, 11) is 3.17. The molecule has 1 heterocycles. The van der Waals surface area contributed by atoms with Crippen molar-refractivity contribution in [1.82, 2.24) is 10.3 Å². The Morgan fingerprint density at radius 3 is 2.50 bits per heavy atom. The van der Waals surface area contributed by atoms with Gasteiger partial charge in [-0.3, -0.25) is 10.1 Å². The monoisotopic (exact) mass is 377 g/mol. The van der Waals surface area contributed by atoms with Crippen molar-refractivity contribution in [3.63, 3.8) is 0 Å². The number of nitrogens with one attached hydrogen (secondary N) is 2. The maximum Gasteiger partial charge on any atom is 0.246 e. The van der Waals surface area contributed by atoms with Gasteiger partial charge in [-0.2, -0.15) is 0 Å². The first-order valence-corrected chi connectivity index (χ1v) is 8.92. The molecule has 0 radical (unpaired) electrons. The third-order valence-corrected chi connectivity index (χ3v) is 4.25. The van der Waals surface area contributed by atoms with Crippen molar-refractivity contribution in [2.45, 2.75) is 12.6 Å². The number of hydrogen-bond donors (Lipinski definition) is 2. The molecular weight excluding hydrogens is 354 g/mol. The average molecular weight is 377 g/mol. The van der Waals surface area contributed by atoms with Crippen LogP contribution in [0.2, 0.25) is 0 Å². The number of carbonyl (C=O) groups excluding carboxylic acids is 1. The molecule has 0 bridgehead atoms. The molecule has 2 aromatic carbocycles. The van der Waals surface area contributed by atoms with Gasteiger partial charge < -0.3 is 14.8 Å². The molecule has 0 saturated carbocycles. The summed E-state index contributed by atoms with van der Waals surface area (Å²) in [5, 5.41) is 6.27. The Hall–Kier alpha value is -3.38. The van der Waals surface area contributed by atoms with Gasteiger partial charge in [0, 0.05) is 30.6 Å². The van der Waals surface area contributed by atoms with Crippen molar-refractivity contribution in [2.24, 2.45) is 0 Å². The van der Waals surface area contributed by atoms with Crippen LogP contribution < -0.4 is 20.1 Å². The molecule has 0 aliphatic carbocycles. The smallest absolute Gasteiger partial charge is 0.246 e. The number of aromatic nitrogens is 1. The number of amides is 1. The van der Waals surface area contributed by atoms with Gasteiger partial charge in [-0.1, -0.05) is 42.5 Å². The van der Waals surface area contributed by atoms with E-state index in [9.17, 15) is 4.79 Å². The molecule has 1 amide bonds. The summed E-state index contributed by atoms with van der Waals surface area (Å²) >= 11 is 0. The standard InChI is InChI=1S/C22H23N3O3/c1-27-19-10-6-9-18(13-19)25-22(26)21(17-7-4-3-5-8-17)24-15-16-11-12-20(28-2)23-14-16/h3-14,21,24H,15H2,1-2H3,(H,25,26)/t21-/m1/s1. The maximum atomic E-state index is 13.0.